The molecule has 0 aliphatic rings. The van der Waals surface area contributed by atoms with Crippen molar-refractivity contribution < 1.29 is 78.2 Å². The Labute approximate surface area is 245 Å². The van der Waals surface area contributed by atoms with Gasteiger partial charge >= 0.3 is 29.6 Å². The van der Waals surface area contributed by atoms with Crippen LogP contribution in [0.25, 0.3) is 10.8 Å². The molecule has 4 rings (SSSR count). The third-order valence-electron chi connectivity index (χ3n) is 4.92. The minimum Gasteiger partial charge on any atom is -0.744 e. The largest absolute Gasteiger partial charge is 1.00 e. The maximum atomic E-state index is 12.0. The first-order valence-corrected chi connectivity index (χ1v) is 12.7. The zero-order valence-corrected chi connectivity index (χ0v) is 23.5. The first kappa shape index (κ1) is 30.7. The molecule has 0 aromatic heterocycles. The van der Waals surface area contributed by atoms with E-state index in [9.17, 15) is 31.6 Å². The van der Waals surface area contributed by atoms with E-state index >= 15 is 0 Å². The van der Waals surface area contributed by atoms with Crippen LogP contribution in [0.15, 0.2) is 92.8 Å². The van der Waals surface area contributed by atoms with E-state index in [1.165, 1.54) is 6.07 Å². The summed E-state index contributed by atoms with van der Waals surface area (Å²) in [4.78, 5) is -1.24. The summed E-state index contributed by atoms with van der Waals surface area (Å²) in [5.41, 5.74) is 0.278. The van der Waals surface area contributed by atoms with E-state index in [1.54, 1.807) is 12.1 Å². The van der Waals surface area contributed by atoms with Crippen LogP contribution >= 0.6 is 0 Å². The van der Waals surface area contributed by atoms with E-state index in [-0.39, 0.29) is 68.0 Å². The summed E-state index contributed by atoms with van der Waals surface area (Å²) in [6, 6.07) is 17.8. The molecular weight excluding hydrogens is 583 g/mol. The number of fused-ring (bicyclic) bond motifs is 1. The van der Waals surface area contributed by atoms with Gasteiger partial charge in [-0.2, -0.15) is 0 Å². The number of para-hydroxylation sites is 1. The average Bonchev–Trinajstić information content (AvgIpc) is 2.78. The Morgan fingerprint density at radius 2 is 1.51 bits per heavy atom. The van der Waals surface area contributed by atoms with Gasteiger partial charge in [-0.05, 0) is 60.0 Å². The first-order chi connectivity index (χ1) is 16.4. The van der Waals surface area contributed by atoms with E-state index in [1.807, 2.05) is 30.3 Å². The van der Waals surface area contributed by atoms with Gasteiger partial charge in [0.05, 0.1) is 9.79 Å². The fourth-order valence-corrected chi connectivity index (χ4v) is 4.45. The zero-order valence-electron chi connectivity index (χ0n) is 19.0. The predicted octanol–water partition coefficient (Wildman–Crippen LogP) is 0.963. The van der Waals surface area contributed by atoms with Crippen LogP contribution in [0.3, 0.4) is 0 Å². The van der Waals surface area contributed by atoms with Crippen LogP contribution in [-0.4, -0.2) is 31.6 Å². The summed E-state index contributed by atoms with van der Waals surface area (Å²) in [6.45, 7) is 0. The second kappa shape index (κ2) is 11.9. The molecule has 4 aromatic carbocycles. The standard InChI is InChI=1S/C22H18N4O7S2.Cu.Na/c23-34(29,30)16-7-9-19(27)18(12-16)25-26-21-20(35(31,32)33)11-13-10-15(6-8-17(13)22(21)28)24-14-4-2-1-3-5-14;;/h1-12,24,27-28H,(H2,23,29,30)(H,31,32,33);;/q;;+1/p-1. The van der Waals surface area contributed by atoms with E-state index in [2.05, 4.69) is 15.5 Å². The molecule has 0 aliphatic carbocycles. The Morgan fingerprint density at radius 1 is 0.838 bits per heavy atom. The normalized spacial score (nSPS) is 11.6. The van der Waals surface area contributed by atoms with E-state index in [4.69, 9.17) is 5.14 Å². The maximum absolute atomic E-state index is 12.0. The zero-order chi connectivity index (χ0) is 25.4. The quantitative estimate of drug-likeness (QED) is 0.143. The first-order valence-electron chi connectivity index (χ1n) is 9.79. The number of benzene rings is 4. The Morgan fingerprint density at radius 3 is 2.14 bits per heavy atom. The number of aromatic hydroxyl groups is 2. The molecule has 0 heterocycles. The number of anilines is 2. The number of nitrogens with one attached hydrogen (secondary N) is 1. The van der Waals surface area contributed by atoms with Crippen LogP contribution < -0.4 is 40.0 Å². The minimum absolute atomic E-state index is 0. The van der Waals surface area contributed by atoms with Crippen molar-refractivity contribution in [3.05, 3.63) is 72.8 Å². The van der Waals surface area contributed by atoms with Gasteiger partial charge in [-0.25, -0.2) is 22.0 Å². The van der Waals surface area contributed by atoms with Crippen molar-refractivity contribution in [2.75, 3.05) is 5.32 Å². The number of primary sulfonamides is 1. The SMILES string of the molecule is NS(=O)(=O)c1ccc(O)c(N=Nc2c(S(=O)(=O)[O-])cc3cc(Nc4ccccc4)ccc3c2O)c1.[Cu].[Na+]. The van der Waals surface area contributed by atoms with Crippen molar-refractivity contribution in [2.24, 2.45) is 15.4 Å². The van der Waals surface area contributed by atoms with Crippen molar-refractivity contribution in [1.29, 1.82) is 0 Å². The number of phenolic OH excluding ortho intramolecular Hbond substituents is 2. The van der Waals surface area contributed by atoms with E-state index < -0.39 is 42.2 Å². The maximum Gasteiger partial charge on any atom is 1.00 e. The van der Waals surface area contributed by atoms with Gasteiger partial charge in [-0.3, -0.25) is 0 Å². The number of hydrogen-bond acceptors (Lipinski definition) is 10. The summed E-state index contributed by atoms with van der Waals surface area (Å²) < 4.78 is 59.0. The molecule has 15 heteroatoms. The Bertz CT molecular complexity index is 1700. The Kier molecular flexibility index (Phi) is 9.87. The van der Waals surface area contributed by atoms with Crippen molar-refractivity contribution >= 4 is 53.7 Å². The molecule has 0 atom stereocenters. The van der Waals surface area contributed by atoms with Crippen molar-refractivity contribution in [2.45, 2.75) is 9.79 Å². The Hall–Kier alpha value is -2.52. The van der Waals surface area contributed by atoms with Crippen molar-refractivity contribution in [3.63, 3.8) is 0 Å². The van der Waals surface area contributed by atoms with Crippen LogP contribution in [0, 0.1) is 0 Å². The number of phenols is 2. The fourth-order valence-electron chi connectivity index (χ4n) is 3.27. The number of rotatable bonds is 6. The summed E-state index contributed by atoms with van der Waals surface area (Å²) in [7, 11) is -9.26. The molecule has 0 unspecified atom stereocenters. The number of sulfonamides is 1. The second-order valence-electron chi connectivity index (χ2n) is 7.35. The van der Waals surface area contributed by atoms with E-state index in [0.29, 0.717) is 5.69 Å². The number of nitrogens with zero attached hydrogens (tertiary/aromatic N) is 2. The molecule has 0 fully saturated rings. The topological polar surface area (TPSA) is 195 Å². The summed E-state index contributed by atoms with van der Waals surface area (Å²) in [5, 5.41) is 36.6. The molecule has 5 N–H and O–H groups in total. The molecule has 0 amide bonds. The third kappa shape index (κ3) is 7.07. The van der Waals surface area contributed by atoms with Crippen LogP contribution in [-0.2, 0) is 37.2 Å². The van der Waals surface area contributed by atoms with Gasteiger partial charge in [0.2, 0.25) is 10.0 Å². The molecule has 0 spiro atoms. The molecule has 0 aliphatic heterocycles. The molecule has 0 saturated heterocycles. The van der Waals surface area contributed by atoms with Crippen LogP contribution in [0.5, 0.6) is 11.5 Å². The fraction of sp³-hybridized carbons (Fsp3) is 0. The number of nitrogens with two attached hydrogens (primary N) is 1. The minimum atomic E-state index is -5.13. The molecular formula is C22H17CuN4NaO7S2. The molecule has 0 saturated carbocycles. The molecule has 11 nitrogen and oxygen atoms in total. The molecule has 1 radical (unpaired) electrons. The summed E-state index contributed by atoms with van der Waals surface area (Å²) in [5.74, 6) is -1.14. The Balaban J connectivity index is 0.00000241. The van der Waals surface area contributed by atoms with Gasteiger partial charge in [-0.1, -0.05) is 18.2 Å². The van der Waals surface area contributed by atoms with Crippen LogP contribution in [0.4, 0.5) is 22.7 Å². The van der Waals surface area contributed by atoms with Crippen molar-refractivity contribution in [3.8, 4) is 11.5 Å². The molecule has 4 aromatic rings. The number of hydrogen-bond donors (Lipinski definition) is 4. The van der Waals surface area contributed by atoms with E-state index in [0.717, 1.165) is 30.0 Å². The van der Waals surface area contributed by atoms with Gasteiger partial charge in [0, 0.05) is 33.8 Å². The third-order valence-corrected chi connectivity index (χ3v) is 6.68. The molecule has 191 valence electrons. The number of azo groups is 1. The average molecular weight is 600 g/mol. The van der Waals surface area contributed by atoms with Gasteiger partial charge in [0.25, 0.3) is 0 Å². The van der Waals surface area contributed by atoms with Gasteiger partial charge < -0.3 is 20.1 Å². The monoisotopic (exact) mass is 599 g/mol. The van der Waals surface area contributed by atoms with Crippen LogP contribution in [0.1, 0.15) is 0 Å². The van der Waals surface area contributed by atoms with Crippen molar-refractivity contribution in [1.82, 2.24) is 0 Å². The summed E-state index contributed by atoms with van der Waals surface area (Å²) in [6.07, 6.45) is 0. The second-order valence-corrected chi connectivity index (χ2v) is 10.3. The summed E-state index contributed by atoms with van der Waals surface area (Å²) >= 11 is 0. The van der Waals surface area contributed by atoms with Gasteiger partial charge in [0.1, 0.15) is 27.2 Å². The smallest absolute Gasteiger partial charge is 0.744 e. The predicted molar refractivity (Wildman–Crippen MR) is 127 cm³/mol. The van der Waals surface area contributed by atoms with Crippen LogP contribution in [0.2, 0.25) is 0 Å². The van der Waals surface area contributed by atoms with Gasteiger partial charge in [-0.15, -0.1) is 10.2 Å². The molecule has 37 heavy (non-hydrogen) atoms. The van der Waals surface area contributed by atoms with Gasteiger partial charge in [0.15, 0.2) is 5.75 Å². The molecule has 0 bridgehead atoms.